The largest absolute Gasteiger partial charge is 0.477 e. The van der Waals surface area contributed by atoms with E-state index in [9.17, 15) is 20.0 Å². The summed E-state index contributed by atoms with van der Waals surface area (Å²) in [6.07, 6.45) is 0. The van der Waals surface area contributed by atoms with Gasteiger partial charge in [-0.1, -0.05) is 0 Å². The van der Waals surface area contributed by atoms with Gasteiger partial charge in [-0.15, -0.1) is 0 Å². The molecule has 0 aliphatic rings. The minimum absolute atomic E-state index is 0.292. The summed E-state index contributed by atoms with van der Waals surface area (Å²) in [6, 6.07) is 3.92. The lowest BCUT2D eigenvalue weighted by Crippen LogP contribution is -2.38. The van der Waals surface area contributed by atoms with Crippen LogP contribution in [0.4, 0.5) is 11.4 Å². The van der Waals surface area contributed by atoms with Gasteiger partial charge in [-0.05, 0) is 32.9 Å². The van der Waals surface area contributed by atoms with Gasteiger partial charge >= 0.3 is 5.97 Å². The summed E-state index contributed by atoms with van der Waals surface area (Å²) in [5, 5.41) is 29.7. The molecule has 0 spiro atoms. The van der Waals surface area contributed by atoms with Crippen molar-refractivity contribution in [1.82, 2.24) is 0 Å². The zero-order valence-electron chi connectivity index (χ0n) is 11.7. The maximum Gasteiger partial charge on any atom is 0.342 e. The zero-order chi connectivity index (χ0) is 15.5. The number of aromatic carboxylic acids is 1. The fourth-order valence-electron chi connectivity index (χ4n) is 1.90. The molecular weight excluding hydrogens is 264 g/mol. The fourth-order valence-corrected chi connectivity index (χ4v) is 1.90. The third kappa shape index (κ3) is 3.92. The van der Waals surface area contributed by atoms with E-state index in [1.165, 1.54) is 18.2 Å². The van der Waals surface area contributed by atoms with Gasteiger partial charge in [-0.3, -0.25) is 10.1 Å². The second-order valence-electron chi connectivity index (χ2n) is 5.09. The van der Waals surface area contributed by atoms with Crippen molar-refractivity contribution in [3.8, 4) is 0 Å². The molecule has 0 radical (unpaired) electrons. The minimum atomic E-state index is -1.35. The van der Waals surface area contributed by atoms with Crippen molar-refractivity contribution in [1.29, 1.82) is 0 Å². The summed E-state index contributed by atoms with van der Waals surface area (Å²) in [5.41, 5.74) is -1.24. The van der Waals surface area contributed by atoms with Crippen LogP contribution < -0.4 is 4.90 Å². The van der Waals surface area contributed by atoms with Gasteiger partial charge in [0.1, 0.15) is 5.56 Å². The smallest absolute Gasteiger partial charge is 0.342 e. The molecule has 7 nitrogen and oxygen atoms in total. The lowest BCUT2D eigenvalue weighted by Gasteiger charge is -2.30. The van der Waals surface area contributed by atoms with Crippen LogP contribution in [0.1, 0.15) is 31.1 Å². The Bertz CT molecular complexity index is 522. The number of hydrogen-bond donors (Lipinski definition) is 2. The molecule has 0 unspecified atom stereocenters. The number of carbonyl (C=O) groups is 1. The van der Waals surface area contributed by atoms with Crippen molar-refractivity contribution in [2.24, 2.45) is 0 Å². The molecule has 0 heterocycles. The Labute approximate surface area is 116 Å². The van der Waals surface area contributed by atoms with E-state index < -0.39 is 22.2 Å². The van der Waals surface area contributed by atoms with Crippen molar-refractivity contribution in [3.05, 3.63) is 33.9 Å². The fraction of sp³-hybridized carbons (Fsp3) is 0.462. The highest BCUT2D eigenvalue weighted by Crippen LogP contribution is 2.26. The van der Waals surface area contributed by atoms with E-state index in [1.807, 2.05) is 6.92 Å². The van der Waals surface area contributed by atoms with Crippen LogP contribution in [0.2, 0.25) is 0 Å². The van der Waals surface area contributed by atoms with Gasteiger partial charge in [0.25, 0.3) is 5.69 Å². The Hall–Kier alpha value is -2.15. The number of rotatable bonds is 6. The van der Waals surface area contributed by atoms with E-state index in [2.05, 4.69) is 0 Å². The molecule has 0 fully saturated rings. The minimum Gasteiger partial charge on any atom is -0.477 e. The predicted octanol–water partition coefficient (Wildman–Crippen LogP) is 1.89. The zero-order valence-corrected chi connectivity index (χ0v) is 11.7. The molecule has 20 heavy (non-hydrogen) atoms. The average Bonchev–Trinajstić information content (AvgIpc) is 2.33. The van der Waals surface area contributed by atoms with Crippen molar-refractivity contribution < 1.29 is 19.9 Å². The molecule has 0 saturated carbocycles. The summed E-state index contributed by atoms with van der Waals surface area (Å²) in [4.78, 5) is 22.9. The molecule has 1 aromatic carbocycles. The van der Waals surface area contributed by atoms with Gasteiger partial charge < -0.3 is 15.1 Å². The summed E-state index contributed by atoms with van der Waals surface area (Å²) in [6.45, 7) is 5.97. The lowest BCUT2D eigenvalue weighted by atomic mass is 10.1. The molecule has 0 amide bonds. The van der Waals surface area contributed by atoms with Crippen LogP contribution in [-0.2, 0) is 0 Å². The van der Waals surface area contributed by atoms with Crippen LogP contribution in [0, 0.1) is 10.1 Å². The lowest BCUT2D eigenvalue weighted by molar-refractivity contribution is -0.385. The molecule has 110 valence electrons. The van der Waals surface area contributed by atoms with Crippen molar-refractivity contribution in [3.63, 3.8) is 0 Å². The Morgan fingerprint density at radius 3 is 2.45 bits per heavy atom. The highest BCUT2D eigenvalue weighted by molar-refractivity contribution is 5.93. The monoisotopic (exact) mass is 282 g/mol. The Balaban J connectivity index is 3.22. The Morgan fingerprint density at radius 1 is 1.45 bits per heavy atom. The van der Waals surface area contributed by atoms with Gasteiger partial charge in [-0.25, -0.2) is 4.79 Å². The number of carboxylic acids is 1. The first-order chi connectivity index (χ1) is 9.15. The van der Waals surface area contributed by atoms with E-state index in [1.54, 1.807) is 18.7 Å². The second-order valence-corrected chi connectivity index (χ2v) is 5.09. The van der Waals surface area contributed by atoms with Crippen LogP contribution >= 0.6 is 0 Å². The highest BCUT2D eigenvalue weighted by atomic mass is 16.6. The molecular formula is C13H18N2O5. The molecule has 2 N–H and O–H groups in total. The van der Waals surface area contributed by atoms with Crippen LogP contribution in [0.25, 0.3) is 0 Å². The number of benzene rings is 1. The number of nitrogens with zero attached hydrogens (tertiary/aromatic N) is 2. The summed E-state index contributed by atoms with van der Waals surface area (Å²) in [7, 11) is 0. The number of likely N-dealkylation sites (N-methyl/N-ethyl adjacent to an activating group) is 1. The van der Waals surface area contributed by atoms with Gasteiger partial charge in [0.15, 0.2) is 0 Å². The van der Waals surface area contributed by atoms with Crippen molar-refractivity contribution in [2.75, 3.05) is 18.0 Å². The van der Waals surface area contributed by atoms with E-state index in [4.69, 9.17) is 5.11 Å². The van der Waals surface area contributed by atoms with Gasteiger partial charge in [-0.2, -0.15) is 0 Å². The number of nitro groups is 1. The van der Waals surface area contributed by atoms with Crippen LogP contribution in [0.5, 0.6) is 0 Å². The SMILES string of the molecule is CCN(CC(C)(C)O)c1ccc([N+](=O)[O-])c(C(=O)O)c1. The molecule has 0 atom stereocenters. The molecule has 0 aromatic heterocycles. The topological polar surface area (TPSA) is 104 Å². The molecule has 1 aromatic rings. The van der Waals surface area contributed by atoms with E-state index >= 15 is 0 Å². The summed E-state index contributed by atoms with van der Waals surface area (Å²) < 4.78 is 0. The first-order valence-electron chi connectivity index (χ1n) is 6.14. The Kier molecular flexibility index (Phi) is 4.67. The van der Waals surface area contributed by atoms with Gasteiger partial charge in [0, 0.05) is 24.8 Å². The first-order valence-corrected chi connectivity index (χ1v) is 6.14. The number of hydrogen-bond acceptors (Lipinski definition) is 5. The highest BCUT2D eigenvalue weighted by Gasteiger charge is 2.23. The molecule has 7 heteroatoms. The van der Waals surface area contributed by atoms with Crippen LogP contribution in [0.15, 0.2) is 18.2 Å². The maximum atomic E-state index is 11.1. The molecule has 0 saturated heterocycles. The van der Waals surface area contributed by atoms with E-state index in [-0.39, 0.29) is 5.56 Å². The second kappa shape index (κ2) is 5.87. The molecule has 1 rings (SSSR count). The van der Waals surface area contributed by atoms with E-state index in [0.29, 0.717) is 18.8 Å². The van der Waals surface area contributed by atoms with Crippen molar-refractivity contribution in [2.45, 2.75) is 26.4 Å². The normalized spacial score (nSPS) is 11.2. The third-order valence-electron chi connectivity index (χ3n) is 2.73. The number of anilines is 1. The first kappa shape index (κ1) is 15.9. The number of aliphatic hydroxyl groups is 1. The molecule has 0 bridgehead atoms. The maximum absolute atomic E-state index is 11.1. The van der Waals surface area contributed by atoms with Gasteiger partial charge in [0.2, 0.25) is 0 Å². The standard InChI is InChI=1S/C13H18N2O5/c1-4-14(8-13(2,3)18)9-5-6-11(15(19)20)10(7-9)12(16)17/h5-7,18H,4,8H2,1-3H3,(H,16,17). The molecule has 0 aliphatic carbocycles. The van der Waals surface area contributed by atoms with E-state index in [0.717, 1.165) is 0 Å². The number of nitro benzene ring substituents is 1. The van der Waals surface area contributed by atoms with Crippen LogP contribution in [-0.4, -0.2) is 39.8 Å². The van der Waals surface area contributed by atoms with Crippen LogP contribution in [0.3, 0.4) is 0 Å². The third-order valence-corrected chi connectivity index (χ3v) is 2.73. The molecule has 0 aliphatic heterocycles. The average molecular weight is 282 g/mol. The summed E-state index contributed by atoms with van der Waals surface area (Å²) in [5.74, 6) is -1.35. The van der Waals surface area contributed by atoms with Crippen molar-refractivity contribution >= 4 is 17.3 Å². The quantitative estimate of drug-likeness (QED) is 0.610. The number of carboxylic acid groups (broad SMARTS) is 1. The predicted molar refractivity (Wildman–Crippen MR) is 74.2 cm³/mol. The van der Waals surface area contributed by atoms with Gasteiger partial charge in [0.05, 0.1) is 10.5 Å². The summed E-state index contributed by atoms with van der Waals surface area (Å²) >= 11 is 0. The Morgan fingerprint density at radius 2 is 2.05 bits per heavy atom.